The first-order valence-corrected chi connectivity index (χ1v) is 4.83. The van der Waals surface area contributed by atoms with Gasteiger partial charge in [-0.15, -0.1) is 6.58 Å². The fourth-order valence-electron chi connectivity index (χ4n) is 1.46. The van der Waals surface area contributed by atoms with E-state index in [-0.39, 0.29) is 5.41 Å². The van der Waals surface area contributed by atoms with E-state index in [1.54, 1.807) is 0 Å². The van der Waals surface area contributed by atoms with Crippen LogP contribution in [0.15, 0.2) is 43.0 Å². The summed E-state index contributed by atoms with van der Waals surface area (Å²) in [5.74, 6) is 0. The Hall–Kier alpha value is -1.37. The molecule has 0 heterocycles. The summed E-state index contributed by atoms with van der Waals surface area (Å²) in [6.45, 7) is 7.87. The molecule has 0 bridgehead atoms. The van der Waals surface area contributed by atoms with Crippen LogP contribution >= 0.6 is 0 Å². The van der Waals surface area contributed by atoms with Gasteiger partial charge in [-0.25, -0.2) is 0 Å². The van der Waals surface area contributed by atoms with E-state index in [0.717, 1.165) is 12.0 Å². The number of nitrogens with one attached hydrogen (secondary N) is 1. The standard InChI is InChI=1S/C13H17N/c1-4-10-13(2,3)12(14)11-8-6-5-7-9-11/h4-9,14H,1,10H2,2-3H3. The van der Waals surface area contributed by atoms with Crippen LogP contribution in [0.4, 0.5) is 0 Å². The summed E-state index contributed by atoms with van der Waals surface area (Å²) in [6.07, 6.45) is 2.71. The molecule has 0 atom stereocenters. The molecule has 14 heavy (non-hydrogen) atoms. The van der Waals surface area contributed by atoms with Crippen LogP contribution in [0, 0.1) is 10.8 Å². The molecule has 0 saturated heterocycles. The zero-order chi connectivity index (χ0) is 10.6. The molecule has 1 aromatic rings. The highest BCUT2D eigenvalue weighted by Gasteiger charge is 2.22. The van der Waals surface area contributed by atoms with Crippen LogP contribution in [-0.4, -0.2) is 5.71 Å². The first-order chi connectivity index (χ1) is 6.58. The predicted molar refractivity (Wildman–Crippen MR) is 61.9 cm³/mol. The van der Waals surface area contributed by atoms with Crippen molar-refractivity contribution in [2.75, 3.05) is 0 Å². The Kier molecular flexibility index (Phi) is 3.23. The molecule has 1 nitrogen and oxygen atoms in total. The topological polar surface area (TPSA) is 23.9 Å². The van der Waals surface area contributed by atoms with Crippen LogP contribution in [-0.2, 0) is 0 Å². The number of allylic oxidation sites excluding steroid dienone is 1. The van der Waals surface area contributed by atoms with Gasteiger partial charge in [0.2, 0.25) is 0 Å². The molecule has 0 amide bonds. The molecule has 1 heteroatoms. The van der Waals surface area contributed by atoms with Crippen molar-refractivity contribution in [2.45, 2.75) is 20.3 Å². The van der Waals surface area contributed by atoms with Gasteiger partial charge in [-0.05, 0) is 12.0 Å². The molecule has 1 aromatic carbocycles. The summed E-state index contributed by atoms with van der Waals surface area (Å²) < 4.78 is 0. The third-order valence-electron chi connectivity index (χ3n) is 2.39. The zero-order valence-corrected chi connectivity index (χ0v) is 8.88. The van der Waals surface area contributed by atoms with Crippen molar-refractivity contribution in [1.29, 1.82) is 5.41 Å². The largest absolute Gasteiger partial charge is 0.304 e. The summed E-state index contributed by atoms with van der Waals surface area (Å²) in [5.41, 5.74) is 1.56. The molecule has 1 N–H and O–H groups in total. The lowest BCUT2D eigenvalue weighted by atomic mass is 9.81. The first-order valence-electron chi connectivity index (χ1n) is 4.83. The van der Waals surface area contributed by atoms with Crippen molar-refractivity contribution in [3.8, 4) is 0 Å². The van der Waals surface area contributed by atoms with E-state index >= 15 is 0 Å². The molecule has 0 aliphatic rings. The highest BCUT2D eigenvalue weighted by atomic mass is 14.5. The Morgan fingerprint density at radius 2 is 1.93 bits per heavy atom. The Bertz CT molecular complexity index is 322. The zero-order valence-electron chi connectivity index (χ0n) is 8.88. The smallest absolute Gasteiger partial charge is 0.0445 e. The van der Waals surface area contributed by atoms with Crippen LogP contribution in [0.1, 0.15) is 25.8 Å². The molecule has 0 aliphatic heterocycles. The van der Waals surface area contributed by atoms with Crippen molar-refractivity contribution in [1.82, 2.24) is 0 Å². The highest BCUT2D eigenvalue weighted by Crippen LogP contribution is 2.25. The number of rotatable bonds is 4. The fraction of sp³-hybridized carbons (Fsp3) is 0.308. The van der Waals surface area contributed by atoms with E-state index in [1.165, 1.54) is 0 Å². The van der Waals surface area contributed by atoms with Crippen LogP contribution in [0.2, 0.25) is 0 Å². The second-order valence-corrected chi connectivity index (χ2v) is 4.12. The Balaban J connectivity index is 2.90. The molecule has 0 saturated carbocycles. The van der Waals surface area contributed by atoms with Crippen LogP contribution in [0.3, 0.4) is 0 Å². The van der Waals surface area contributed by atoms with Gasteiger partial charge in [-0.2, -0.15) is 0 Å². The SMILES string of the molecule is C=CCC(C)(C)C(=N)c1ccccc1. The fourth-order valence-corrected chi connectivity index (χ4v) is 1.46. The van der Waals surface area contributed by atoms with E-state index in [4.69, 9.17) is 5.41 Å². The van der Waals surface area contributed by atoms with E-state index in [9.17, 15) is 0 Å². The monoisotopic (exact) mass is 187 g/mol. The van der Waals surface area contributed by atoms with Gasteiger partial charge in [-0.3, -0.25) is 0 Å². The second kappa shape index (κ2) is 4.23. The van der Waals surface area contributed by atoms with E-state index in [2.05, 4.69) is 20.4 Å². The van der Waals surface area contributed by atoms with Gasteiger partial charge in [0, 0.05) is 11.1 Å². The molecular formula is C13H17N. The van der Waals surface area contributed by atoms with Gasteiger partial charge in [0.25, 0.3) is 0 Å². The van der Waals surface area contributed by atoms with Gasteiger partial charge in [0.1, 0.15) is 0 Å². The Labute approximate surface area is 86.0 Å². The second-order valence-electron chi connectivity index (χ2n) is 4.12. The molecule has 0 fully saturated rings. The molecule has 0 radical (unpaired) electrons. The van der Waals surface area contributed by atoms with E-state index in [0.29, 0.717) is 5.71 Å². The van der Waals surface area contributed by atoms with Gasteiger partial charge in [0.15, 0.2) is 0 Å². The highest BCUT2D eigenvalue weighted by molar-refractivity contribution is 6.02. The van der Waals surface area contributed by atoms with Crippen molar-refractivity contribution in [3.05, 3.63) is 48.6 Å². The Morgan fingerprint density at radius 1 is 1.36 bits per heavy atom. The quantitative estimate of drug-likeness (QED) is 0.549. The molecule has 74 valence electrons. The van der Waals surface area contributed by atoms with Crippen LogP contribution in [0.25, 0.3) is 0 Å². The normalized spacial score (nSPS) is 11.0. The van der Waals surface area contributed by atoms with Crippen LogP contribution < -0.4 is 0 Å². The maximum atomic E-state index is 8.09. The lowest BCUT2D eigenvalue weighted by molar-refractivity contribution is 0.530. The maximum absolute atomic E-state index is 8.09. The van der Waals surface area contributed by atoms with Gasteiger partial charge in [0.05, 0.1) is 0 Å². The van der Waals surface area contributed by atoms with Crippen molar-refractivity contribution < 1.29 is 0 Å². The summed E-state index contributed by atoms with van der Waals surface area (Å²) in [6, 6.07) is 9.86. The average molecular weight is 187 g/mol. The van der Waals surface area contributed by atoms with Crippen molar-refractivity contribution in [3.63, 3.8) is 0 Å². The van der Waals surface area contributed by atoms with Crippen molar-refractivity contribution in [2.24, 2.45) is 5.41 Å². The molecule has 0 unspecified atom stereocenters. The predicted octanol–water partition coefficient (Wildman–Crippen LogP) is 3.66. The summed E-state index contributed by atoms with van der Waals surface area (Å²) in [4.78, 5) is 0. The third-order valence-corrected chi connectivity index (χ3v) is 2.39. The summed E-state index contributed by atoms with van der Waals surface area (Å²) in [5, 5.41) is 8.09. The molecular weight excluding hydrogens is 170 g/mol. The average Bonchev–Trinajstić information content (AvgIpc) is 2.18. The Morgan fingerprint density at radius 3 is 2.43 bits per heavy atom. The third kappa shape index (κ3) is 2.32. The molecule has 0 aromatic heterocycles. The number of hydrogen-bond acceptors (Lipinski definition) is 1. The maximum Gasteiger partial charge on any atom is 0.0445 e. The van der Waals surface area contributed by atoms with E-state index in [1.807, 2.05) is 36.4 Å². The van der Waals surface area contributed by atoms with Crippen molar-refractivity contribution >= 4 is 5.71 Å². The first kappa shape index (κ1) is 10.7. The number of hydrogen-bond donors (Lipinski definition) is 1. The van der Waals surface area contributed by atoms with Crippen LogP contribution in [0.5, 0.6) is 0 Å². The summed E-state index contributed by atoms with van der Waals surface area (Å²) in [7, 11) is 0. The number of benzene rings is 1. The van der Waals surface area contributed by atoms with Gasteiger partial charge in [-0.1, -0.05) is 50.3 Å². The molecule has 0 aliphatic carbocycles. The minimum Gasteiger partial charge on any atom is -0.304 e. The lowest BCUT2D eigenvalue weighted by Gasteiger charge is -2.24. The minimum absolute atomic E-state index is 0.122. The van der Waals surface area contributed by atoms with E-state index < -0.39 is 0 Å². The minimum atomic E-state index is -0.122. The van der Waals surface area contributed by atoms with Gasteiger partial charge < -0.3 is 5.41 Å². The summed E-state index contributed by atoms with van der Waals surface area (Å²) >= 11 is 0. The lowest BCUT2D eigenvalue weighted by Crippen LogP contribution is -2.23. The van der Waals surface area contributed by atoms with Gasteiger partial charge >= 0.3 is 0 Å². The molecule has 0 spiro atoms. The molecule has 1 rings (SSSR count).